The minimum atomic E-state index is -0.333. The summed E-state index contributed by atoms with van der Waals surface area (Å²) in [6.45, 7) is 5.20. The summed E-state index contributed by atoms with van der Waals surface area (Å²) in [7, 11) is 0. The van der Waals surface area contributed by atoms with E-state index < -0.39 is 0 Å². The second kappa shape index (κ2) is 5.12. The Morgan fingerprint density at radius 2 is 2.17 bits per heavy atom. The van der Waals surface area contributed by atoms with Crippen LogP contribution < -0.4 is 0 Å². The van der Waals surface area contributed by atoms with Crippen LogP contribution in [-0.2, 0) is 14.3 Å². The molecule has 0 aromatic rings. The Labute approximate surface area is 108 Å². The molecule has 0 aliphatic carbocycles. The summed E-state index contributed by atoms with van der Waals surface area (Å²) < 4.78 is 4.88. The van der Waals surface area contributed by atoms with Crippen LogP contribution in [0.5, 0.6) is 0 Å². The number of carbonyl (C=O) groups excluding carboxylic acids is 2. The average Bonchev–Trinajstić information content (AvgIpc) is 2.92. The predicted octanol–water partition coefficient (Wildman–Crippen LogP) is 2.25. The van der Waals surface area contributed by atoms with Gasteiger partial charge in [-0.2, -0.15) is 0 Å². The molecule has 0 aromatic carbocycles. The van der Waals surface area contributed by atoms with Crippen LogP contribution in [0.15, 0.2) is 11.8 Å². The van der Waals surface area contributed by atoms with E-state index in [-0.39, 0.29) is 23.9 Å². The molecule has 1 atom stereocenters. The maximum atomic E-state index is 12.6. The number of cyclic esters (lactones) is 1. The zero-order valence-corrected chi connectivity index (χ0v) is 11.2. The van der Waals surface area contributed by atoms with E-state index in [9.17, 15) is 9.59 Å². The van der Waals surface area contributed by atoms with E-state index in [0.717, 1.165) is 44.3 Å². The van der Waals surface area contributed by atoms with E-state index in [2.05, 4.69) is 13.8 Å². The summed E-state index contributed by atoms with van der Waals surface area (Å²) >= 11 is 0. The molecule has 18 heavy (non-hydrogen) atoms. The molecular weight excluding hydrogens is 230 g/mol. The Hall–Kier alpha value is -1.32. The highest BCUT2D eigenvalue weighted by Gasteiger charge is 2.46. The molecule has 0 spiro atoms. The lowest BCUT2D eigenvalue weighted by Crippen LogP contribution is -2.34. The van der Waals surface area contributed by atoms with Crippen molar-refractivity contribution >= 4 is 11.9 Å². The minimum absolute atomic E-state index is 0.183. The number of rotatable bonds is 5. The third kappa shape index (κ3) is 2.16. The maximum absolute atomic E-state index is 12.6. The first kappa shape index (κ1) is 13.1. The van der Waals surface area contributed by atoms with Crippen molar-refractivity contribution in [3.05, 3.63) is 11.8 Å². The lowest BCUT2D eigenvalue weighted by Gasteiger charge is -2.26. The number of nitrogens with zero attached hydrogens (tertiary/aromatic N) is 1. The van der Waals surface area contributed by atoms with Crippen molar-refractivity contribution in [2.45, 2.75) is 46.0 Å². The fraction of sp³-hybridized carbons (Fsp3) is 0.714. The molecule has 100 valence electrons. The van der Waals surface area contributed by atoms with Gasteiger partial charge in [0.25, 0.3) is 0 Å². The fourth-order valence-corrected chi connectivity index (χ4v) is 2.87. The number of ether oxygens (including phenoxy) is 1. The van der Waals surface area contributed by atoms with Gasteiger partial charge in [0.15, 0.2) is 0 Å². The van der Waals surface area contributed by atoms with Gasteiger partial charge in [0.1, 0.15) is 6.61 Å². The number of hydrogen-bond acceptors (Lipinski definition) is 3. The monoisotopic (exact) mass is 251 g/mol. The van der Waals surface area contributed by atoms with Crippen molar-refractivity contribution in [3.8, 4) is 0 Å². The number of likely N-dealkylation sites (tertiary alicyclic amines) is 1. The van der Waals surface area contributed by atoms with Gasteiger partial charge in [-0.25, -0.2) is 4.79 Å². The minimum Gasteiger partial charge on any atom is -0.456 e. The quantitative estimate of drug-likeness (QED) is 0.704. The van der Waals surface area contributed by atoms with Crippen LogP contribution >= 0.6 is 0 Å². The topological polar surface area (TPSA) is 46.6 Å². The molecular formula is C14H21NO3. The van der Waals surface area contributed by atoms with Gasteiger partial charge in [-0.05, 0) is 19.3 Å². The lowest BCUT2D eigenvalue weighted by molar-refractivity contribution is -0.137. The molecule has 2 aliphatic rings. The highest BCUT2D eigenvalue weighted by Crippen LogP contribution is 2.41. The molecule has 2 heterocycles. The summed E-state index contributed by atoms with van der Waals surface area (Å²) in [6, 6.07) is 0. The Bertz CT molecular complexity index is 389. The highest BCUT2D eigenvalue weighted by atomic mass is 16.5. The van der Waals surface area contributed by atoms with Gasteiger partial charge in [-0.15, -0.1) is 0 Å². The number of amides is 1. The predicted molar refractivity (Wildman–Crippen MR) is 67.6 cm³/mol. The first-order valence-electron chi connectivity index (χ1n) is 6.82. The van der Waals surface area contributed by atoms with Crippen molar-refractivity contribution in [1.82, 2.24) is 4.90 Å². The van der Waals surface area contributed by atoms with Crippen LogP contribution in [0.3, 0.4) is 0 Å². The average molecular weight is 251 g/mol. The van der Waals surface area contributed by atoms with Gasteiger partial charge >= 0.3 is 5.97 Å². The molecule has 4 heteroatoms. The molecule has 0 aromatic heterocycles. The van der Waals surface area contributed by atoms with Crippen LogP contribution in [0.25, 0.3) is 0 Å². The molecule has 1 fully saturated rings. The van der Waals surface area contributed by atoms with Crippen LogP contribution in [0, 0.1) is 5.41 Å². The van der Waals surface area contributed by atoms with Crippen LogP contribution in [0.4, 0.5) is 0 Å². The second-order valence-corrected chi connectivity index (χ2v) is 5.19. The van der Waals surface area contributed by atoms with Crippen LogP contribution in [0.1, 0.15) is 46.0 Å². The zero-order chi connectivity index (χ0) is 13.2. The van der Waals surface area contributed by atoms with Gasteiger partial charge in [0.2, 0.25) is 5.91 Å². The van der Waals surface area contributed by atoms with E-state index >= 15 is 0 Å². The van der Waals surface area contributed by atoms with Gasteiger partial charge in [-0.3, -0.25) is 4.79 Å². The maximum Gasteiger partial charge on any atom is 0.333 e. The molecule has 2 aliphatic heterocycles. The largest absolute Gasteiger partial charge is 0.456 e. The Balaban J connectivity index is 2.12. The smallest absolute Gasteiger partial charge is 0.333 e. The van der Waals surface area contributed by atoms with E-state index in [1.165, 1.54) is 6.08 Å². The zero-order valence-electron chi connectivity index (χ0n) is 11.2. The summed E-state index contributed by atoms with van der Waals surface area (Å²) in [6.07, 6.45) is 6.38. The molecule has 0 bridgehead atoms. The molecule has 0 saturated carbocycles. The van der Waals surface area contributed by atoms with Gasteiger partial charge in [-0.1, -0.05) is 26.7 Å². The number of unbranched alkanes of at least 4 members (excludes halogenated alkanes) is 1. The van der Waals surface area contributed by atoms with Crippen LogP contribution in [0.2, 0.25) is 0 Å². The first-order chi connectivity index (χ1) is 8.63. The molecule has 0 unspecified atom stereocenters. The molecule has 1 amide bonds. The number of hydrogen-bond donors (Lipinski definition) is 0. The first-order valence-corrected chi connectivity index (χ1v) is 6.82. The van der Waals surface area contributed by atoms with Crippen molar-refractivity contribution in [1.29, 1.82) is 0 Å². The molecule has 0 N–H and O–H groups in total. The fourth-order valence-electron chi connectivity index (χ4n) is 2.87. The van der Waals surface area contributed by atoms with Gasteiger partial charge < -0.3 is 9.64 Å². The standard InChI is InChI=1S/C14H21NO3/c1-3-5-6-14(4-2)7-8-15(13(14)17)11-9-12(16)18-10-11/h9H,3-8,10H2,1-2H3/t14-/m1/s1. The highest BCUT2D eigenvalue weighted by molar-refractivity contribution is 5.90. The Kier molecular flexibility index (Phi) is 3.73. The van der Waals surface area contributed by atoms with Crippen molar-refractivity contribution < 1.29 is 14.3 Å². The van der Waals surface area contributed by atoms with Crippen molar-refractivity contribution in [3.63, 3.8) is 0 Å². The SMILES string of the molecule is CCCC[C@]1(CC)CCN(C2=CC(=O)OC2)C1=O. The summed E-state index contributed by atoms with van der Waals surface area (Å²) in [5.41, 5.74) is 0.527. The molecule has 2 rings (SSSR count). The van der Waals surface area contributed by atoms with E-state index in [4.69, 9.17) is 4.74 Å². The van der Waals surface area contributed by atoms with Crippen molar-refractivity contribution in [2.75, 3.05) is 13.2 Å². The summed E-state index contributed by atoms with van der Waals surface area (Å²) in [5.74, 6) is -0.150. The van der Waals surface area contributed by atoms with Crippen molar-refractivity contribution in [2.24, 2.45) is 5.41 Å². The van der Waals surface area contributed by atoms with Gasteiger partial charge in [0, 0.05) is 12.6 Å². The van der Waals surface area contributed by atoms with E-state index in [0.29, 0.717) is 0 Å². The third-order valence-electron chi connectivity index (χ3n) is 4.19. The van der Waals surface area contributed by atoms with Gasteiger partial charge in [0.05, 0.1) is 11.1 Å². The summed E-state index contributed by atoms with van der Waals surface area (Å²) in [5, 5.41) is 0. The van der Waals surface area contributed by atoms with E-state index in [1.54, 1.807) is 4.90 Å². The Morgan fingerprint density at radius 3 is 2.72 bits per heavy atom. The number of carbonyl (C=O) groups is 2. The number of esters is 1. The normalized spacial score (nSPS) is 27.7. The molecule has 0 radical (unpaired) electrons. The van der Waals surface area contributed by atoms with Crippen LogP contribution in [-0.4, -0.2) is 29.9 Å². The molecule has 1 saturated heterocycles. The second-order valence-electron chi connectivity index (χ2n) is 5.19. The third-order valence-corrected chi connectivity index (χ3v) is 4.19. The molecule has 4 nitrogen and oxygen atoms in total. The van der Waals surface area contributed by atoms with E-state index in [1.807, 2.05) is 0 Å². The Morgan fingerprint density at radius 1 is 1.39 bits per heavy atom. The summed E-state index contributed by atoms with van der Waals surface area (Å²) in [4.78, 5) is 25.4. The lowest BCUT2D eigenvalue weighted by atomic mass is 9.79.